The molecule has 2 N–H and O–H groups in total. The van der Waals surface area contributed by atoms with Crippen LogP contribution in [-0.2, 0) is 20.1 Å². The van der Waals surface area contributed by atoms with Gasteiger partial charge in [0, 0.05) is 45.4 Å². The van der Waals surface area contributed by atoms with Gasteiger partial charge in [-0.25, -0.2) is 0 Å². The Morgan fingerprint density at radius 2 is 1.39 bits per heavy atom. The van der Waals surface area contributed by atoms with Gasteiger partial charge < -0.3 is 14.7 Å². The fourth-order valence-electron chi connectivity index (χ4n) is 3.16. The Balaban J connectivity index is 0.000000529. The van der Waals surface area contributed by atoms with Gasteiger partial charge in [-0.05, 0) is 11.5 Å². The summed E-state index contributed by atoms with van der Waals surface area (Å²) in [6.07, 6.45) is 0. The first kappa shape index (κ1) is 21.7. The molecule has 0 saturated heterocycles. The maximum Gasteiger partial charge on any atom is 0.157 e. The molecule has 0 aliphatic rings. The second kappa shape index (κ2) is 10.1. The number of benzene rings is 4. The predicted octanol–water partition coefficient (Wildman–Crippen LogP) is 4.82. The minimum atomic E-state index is 0. The van der Waals surface area contributed by atoms with Crippen LogP contribution in [0, 0.1) is 6.07 Å². The zero-order valence-corrected chi connectivity index (χ0v) is 17.9. The molecule has 28 heavy (non-hydrogen) atoms. The molecule has 1 radical (unpaired) electrons. The van der Waals surface area contributed by atoms with Gasteiger partial charge in [0.05, 0.1) is 0 Å². The molecular formula is C23H20IrNO3-. The maximum atomic E-state index is 7.00. The van der Waals surface area contributed by atoms with Crippen molar-refractivity contribution >= 4 is 32.5 Å². The number of rotatable bonds is 1. The Labute approximate surface area is 176 Å². The molecule has 0 aliphatic carbocycles. The van der Waals surface area contributed by atoms with E-state index in [-0.39, 0.29) is 20.1 Å². The van der Waals surface area contributed by atoms with Gasteiger partial charge in [0.1, 0.15) is 0 Å². The van der Waals surface area contributed by atoms with E-state index in [2.05, 4.69) is 59.8 Å². The zero-order valence-electron chi connectivity index (χ0n) is 15.5. The molecule has 0 spiro atoms. The van der Waals surface area contributed by atoms with E-state index in [9.17, 15) is 0 Å². The number of hydrogen-bond acceptors (Lipinski definition) is 4. The van der Waals surface area contributed by atoms with Gasteiger partial charge in [-0.15, -0.1) is 34.3 Å². The topological polar surface area (TPSA) is 66.5 Å². The molecule has 0 aliphatic heterocycles. The summed E-state index contributed by atoms with van der Waals surface area (Å²) in [6, 6.07) is 28.2. The summed E-state index contributed by atoms with van der Waals surface area (Å²) in [5.41, 5.74) is 2.60. The summed E-state index contributed by atoms with van der Waals surface area (Å²) in [5, 5.41) is 24.1. The number of fused-ring (bicyclic) bond motifs is 4. The molecule has 1 aromatic heterocycles. The van der Waals surface area contributed by atoms with Gasteiger partial charge in [0.15, 0.2) is 5.58 Å². The van der Waals surface area contributed by atoms with Crippen LogP contribution in [0.3, 0.4) is 0 Å². The van der Waals surface area contributed by atoms with Gasteiger partial charge in [-0.3, -0.25) is 0 Å². The van der Waals surface area contributed by atoms with Gasteiger partial charge >= 0.3 is 0 Å². The number of aromatic nitrogens is 1. The Hall–Kier alpha value is -2.56. The number of para-hydroxylation sites is 1. The third-order valence-electron chi connectivity index (χ3n) is 4.31. The van der Waals surface area contributed by atoms with E-state index in [0.717, 1.165) is 36.4 Å². The molecule has 0 saturated carbocycles. The van der Waals surface area contributed by atoms with E-state index in [1.165, 1.54) is 21.5 Å². The summed E-state index contributed by atoms with van der Waals surface area (Å²) >= 11 is 0. The van der Waals surface area contributed by atoms with Crippen LogP contribution in [0.15, 0.2) is 77.3 Å². The van der Waals surface area contributed by atoms with Crippen molar-refractivity contribution in [2.24, 2.45) is 0 Å². The van der Waals surface area contributed by atoms with E-state index in [1.54, 1.807) is 0 Å². The molecule has 145 valence electrons. The van der Waals surface area contributed by atoms with E-state index >= 15 is 0 Å². The summed E-state index contributed by atoms with van der Waals surface area (Å²) in [7, 11) is 2.00. The van der Waals surface area contributed by atoms with Crippen LogP contribution in [0.4, 0.5) is 0 Å². The first-order valence-corrected chi connectivity index (χ1v) is 8.47. The normalized spacial score (nSPS) is 9.86. The average molecular weight is 551 g/mol. The summed E-state index contributed by atoms with van der Waals surface area (Å²) in [5.74, 6) is 0. The molecule has 5 heteroatoms. The number of aliphatic hydroxyl groups excluding tert-OH is 2. The van der Waals surface area contributed by atoms with Crippen molar-refractivity contribution in [1.82, 2.24) is 5.16 Å². The monoisotopic (exact) mass is 551 g/mol. The Kier molecular flexibility index (Phi) is 7.85. The van der Waals surface area contributed by atoms with Gasteiger partial charge in [0.2, 0.25) is 0 Å². The third kappa shape index (κ3) is 3.98. The number of aliphatic hydroxyl groups is 2. The molecule has 4 aromatic carbocycles. The van der Waals surface area contributed by atoms with Crippen molar-refractivity contribution in [3.63, 3.8) is 0 Å². The van der Waals surface area contributed by atoms with Crippen LogP contribution >= 0.6 is 0 Å². The van der Waals surface area contributed by atoms with Gasteiger partial charge in [0.25, 0.3) is 0 Å². The van der Waals surface area contributed by atoms with Crippen LogP contribution < -0.4 is 0 Å². The molecule has 1 heterocycles. The molecule has 0 fully saturated rings. The zero-order chi connectivity index (χ0) is 19.2. The second-order valence-corrected chi connectivity index (χ2v) is 5.66. The Morgan fingerprint density at radius 3 is 2.18 bits per heavy atom. The minimum absolute atomic E-state index is 0. The standard InChI is InChI=1S/C21H12NO.2CH4O.Ir/c1-2-6-17-14(5-1)9-10-15-13-16(11-12-18(15)17)21-19-7-3-4-8-20(19)23-22-21;2*1-2;/h1-10,12-13H;2*2H,1H3;/q-1;;;. The van der Waals surface area contributed by atoms with Crippen molar-refractivity contribution < 1.29 is 34.8 Å². The molecule has 0 amide bonds. The van der Waals surface area contributed by atoms with Crippen LogP contribution in [-0.4, -0.2) is 29.6 Å². The fourth-order valence-corrected chi connectivity index (χ4v) is 3.16. The number of nitrogens with zero attached hydrogens (tertiary/aromatic N) is 1. The minimum Gasteiger partial charge on any atom is -0.400 e. The van der Waals surface area contributed by atoms with Crippen molar-refractivity contribution in [2.45, 2.75) is 0 Å². The van der Waals surface area contributed by atoms with Crippen LogP contribution in [0.2, 0.25) is 0 Å². The maximum absolute atomic E-state index is 7.00. The van der Waals surface area contributed by atoms with E-state index in [4.69, 9.17) is 14.7 Å². The van der Waals surface area contributed by atoms with E-state index in [1.807, 2.05) is 24.3 Å². The summed E-state index contributed by atoms with van der Waals surface area (Å²) in [4.78, 5) is 0. The van der Waals surface area contributed by atoms with Crippen LogP contribution in [0.25, 0.3) is 43.8 Å². The van der Waals surface area contributed by atoms with Gasteiger partial charge in [-0.2, -0.15) is 0 Å². The van der Waals surface area contributed by atoms with Crippen LogP contribution in [0.1, 0.15) is 0 Å². The van der Waals surface area contributed by atoms with Gasteiger partial charge in [-0.1, -0.05) is 65.4 Å². The molecule has 4 nitrogen and oxygen atoms in total. The SMILES string of the molecule is CO.CO.[Ir].[c-]1cc2c(ccc3ccccc32)cc1-c1noc2ccccc12. The fraction of sp³-hybridized carbons (Fsp3) is 0.0870. The Bertz CT molecular complexity index is 1180. The van der Waals surface area contributed by atoms with E-state index < -0.39 is 0 Å². The molecule has 0 atom stereocenters. The third-order valence-corrected chi connectivity index (χ3v) is 4.31. The Morgan fingerprint density at radius 1 is 0.750 bits per heavy atom. The molecule has 0 unspecified atom stereocenters. The molecule has 5 aromatic rings. The average Bonchev–Trinajstić information content (AvgIpc) is 3.20. The van der Waals surface area contributed by atoms with Crippen molar-refractivity contribution in [2.75, 3.05) is 14.2 Å². The smallest absolute Gasteiger partial charge is 0.157 e. The first-order chi connectivity index (χ1) is 13.4. The molecular weight excluding hydrogens is 530 g/mol. The van der Waals surface area contributed by atoms with Crippen molar-refractivity contribution in [3.05, 3.63) is 78.9 Å². The number of hydrogen-bond donors (Lipinski definition) is 2. The first-order valence-electron chi connectivity index (χ1n) is 8.47. The largest absolute Gasteiger partial charge is 0.400 e. The molecule has 5 rings (SSSR count). The summed E-state index contributed by atoms with van der Waals surface area (Å²) in [6.45, 7) is 0. The van der Waals surface area contributed by atoms with E-state index in [0.29, 0.717) is 0 Å². The second-order valence-electron chi connectivity index (χ2n) is 5.66. The summed E-state index contributed by atoms with van der Waals surface area (Å²) < 4.78 is 5.42. The van der Waals surface area contributed by atoms with Crippen molar-refractivity contribution in [1.29, 1.82) is 0 Å². The predicted molar refractivity (Wildman–Crippen MR) is 110 cm³/mol. The van der Waals surface area contributed by atoms with Crippen molar-refractivity contribution in [3.8, 4) is 11.3 Å². The van der Waals surface area contributed by atoms with Crippen LogP contribution in [0.5, 0.6) is 0 Å². The molecule has 0 bridgehead atoms. The quantitative estimate of drug-likeness (QED) is 0.232.